The third kappa shape index (κ3) is 8.78. The van der Waals surface area contributed by atoms with Gasteiger partial charge in [-0.1, -0.05) is 27.2 Å². The smallest absolute Gasteiger partial charge is 1.00 e. The molecule has 0 saturated heterocycles. The van der Waals surface area contributed by atoms with E-state index in [1.54, 1.807) is 16.8 Å². The van der Waals surface area contributed by atoms with Crippen molar-refractivity contribution in [3.05, 3.63) is 47.0 Å². The Labute approximate surface area is 223 Å². The molecule has 2 aromatic rings. The Hall–Kier alpha value is -1.78. The van der Waals surface area contributed by atoms with Crippen LogP contribution in [-0.2, 0) is 11.2 Å². The van der Waals surface area contributed by atoms with E-state index in [-0.39, 0.29) is 55.7 Å². The van der Waals surface area contributed by atoms with Gasteiger partial charge in [0.25, 0.3) is 5.91 Å². The minimum Gasteiger partial charge on any atom is -1.00 e. The van der Waals surface area contributed by atoms with Crippen LogP contribution in [0.25, 0.3) is 5.69 Å². The maximum Gasteiger partial charge on any atom is 1.00 e. The molecule has 184 valence electrons. The number of nitrogens with one attached hydrogen (secondary N) is 1. The predicted octanol–water partition coefficient (Wildman–Crippen LogP) is 0.300. The topological polar surface area (TPSA) is 125 Å². The number of aliphatic hydroxyl groups is 2. The first kappa shape index (κ1) is 30.3. The molecule has 10 heteroatoms. The minimum atomic E-state index is -1.15. The number of nitrogens with zero attached hydrogens (tertiary/aromatic N) is 2. The van der Waals surface area contributed by atoms with Crippen LogP contribution in [0, 0.1) is 5.82 Å². The zero-order valence-electron chi connectivity index (χ0n) is 21.4. The first-order valence-electron chi connectivity index (χ1n) is 11.4. The fourth-order valence-electron chi connectivity index (χ4n) is 3.76. The Morgan fingerprint density at radius 1 is 1.18 bits per heavy atom. The van der Waals surface area contributed by atoms with Crippen LogP contribution in [0.2, 0.25) is 0 Å². The fourth-order valence-corrected chi connectivity index (χ4v) is 3.76. The summed E-state index contributed by atoms with van der Waals surface area (Å²) in [4.78, 5) is 23.7. The normalized spacial score (nSPS) is 12.8. The molecule has 8 nitrogen and oxygen atoms in total. The number of hydrogen-bond donors (Lipinski definition) is 4. The van der Waals surface area contributed by atoms with Crippen LogP contribution in [0.3, 0.4) is 0 Å². The van der Waals surface area contributed by atoms with Crippen LogP contribution >= 0.6 is 0 Å². The number of hydrogen-bond acceptors (Lipinski definition) is 5. The van der Waals surface area contributed by atoms with Crippen molar-refractivity contribution in [3.8, 4) is 5.69 Å². The third-order valence-electron chi connectivity index (χ3n) is 5.37. The van der Waals surface area contributed by atoms with Crippen LogP contribution in [-0.4, -0.2) is 55.7 Å². The van der Waals surface area contributed by atoms with Gasteiger partial charge in [0.2, 0.25) is 0 Å². The zero-order chi connectivity index (χ0) is 24.5. The average Bonchev–Trinajstić information content (AvgIpc) is 3.12. The number of unbranched alkanes of at least 4 members (excludes halogenated alkanes) is 1. The maximum absolute atomic E-state index is 13.5. The molecule has 1 aromatic carbocycles. The Kier molecular flexibility index (Phi) is 13.0. The van der Waals surface area contributed by atoms with Gasteiger partial charge in [-0.05, 0) is 55.9 Å². The molecule has 2 atom stereocenters. The molecule has 1 heterocycles. The van der Waals surface area contributed by atoms with Crippen LogP contribution in [0.4, 0.5) is 4.39 Å². The second-order valence-corrected chi connectivity index (χ2v) is 8.54. The zero-order valence-corrected chi connectivity index (χ0v) is 22.4. The van der Waals surface area contributed by atoms with E-state index in [0.717, 1.165) is 18.4 Å². The molecule has 1 aromatic heterocycles. The largest absolute Gasteiger partial charge is 1.00 e. The molecule has 34 heavy (non-hydrogen) atoms. The van der Waals surface area contributed by atoms with Gasteiger partial charge in [-0.2, -0.15) is 5.10 Å². The number of amides is 1. The number of rotatable bonds is 13. The molecule has 0 saturated carbocycles. The number of aliphatic hydroxyl groups excluding tert-OH is 2. The summed E-state index contributed by atoms with van der Waals surface area (Å²) in [5.41, 5.74) is 2.33. The van der Waals surface area contributed by atoms with E-state index in [1.165, 1.54) is 12.1 Å². The quantitative estimate of drug-likeness (QED) is 0.238. The molecule has 0 aliphatic heterocycles. The summed E-state index contributed by atoms with van der Waals surface area (Å²) in [6, 6.07) is 5.77. The van der Waals surface area contributed by atoms with E-state index in [9.17, 15) is 24.2 Å². The van der Waals surface area contributed by atoms with Gasteiger partial charge in [0, 0.05) is 17.8 Å². The second kappa shape index (κ2) is 14.6. The first-order chi connectivity index (χ1) is 15.6. The van der Waals surface area contributed by atoms with Gasteiger partial charge in [-0.15, -0.1) is 0 Å². The predicted molar refractivity (Wildman–Crippen MR) is 123 cm³/mol. The summed E-state index contributed by atoms with van der Waals surface area (Å²) in [7, 11) is 0. The van der Waals surface area contributed by atoms with Crippen LogP contribution in [0.15, 0.2) is 24.3 Å². The molecule has 4 N–H and O–H groups in total. The summed E-state index contributed by atoms with van der Waals surface area (Å²) < 4.78 is 15.1. The molecule has 0 fully saturated rings. The van der Waals surface area contributed by atoms with Gasteiger partial charge in [0.1, 0.15) is 5.82 Å². The molecule has 2 rings (SSSR count). The number of carboxylic acids is 1. The number of aromatic nitrogens is 2. The van der Waals surface area contributed by atoms with Crippen molar-refractivity contribution >= 4 is 11.9 Å². The standard InChI is InChI=1S/C24H34FN3O5.Na.H/c1-4-5-12-26-24(33)23-22(15(2)3)20(11-10-18(29)13-19(30)14-21(31)32)28(27-23)17-8-6-16(25)7-9-17;;/h6-9,15,18-19,29-30H,4-5,10-14H2,1-3H3,(H,26,33)(H,31,32);;/q;+1;-1/t18-,19-;;/m1../s1. The van der Waals surface area contributed by atoms with Crippen LogP contribution in [0.5, 0.6) is 0 Å². The van der Waals surface area contributed by atoms with Gasteiger partial charge in [0.05, 0.1) is 24.3 Å². The number of benzene rings is 1. The molecule has 0 radical (unpaired) electrons. The van der Waals surface area contributed by atoms with Crippen molar-refractivity contribution in [2.45, 2.75) is 77.4 Å². The van der Waals surface area contributed by atoms with Gasteiger partial charge < -0.3 is 22.1 Å². The fraction of sp³-hybridized carbons (Fsp3) is 0.542. The summed E-state index contributed by atoms with van der Waals surface area (Å²) in [6.45, 7) is 6.47. The first-order valence-corrected chi connectivity index (χ1v) is 11.4. The summed E-state index contributed by atoms with van der Waals surface area (Å²) in [5, 5.41) is 36.4. The SMILES string of the molecule is CCCCNC(=O)c1nn(-c2ccc(F)cc2)c(CC[C@@H](O)C[C@@H](O)CC(=O)O)c1C(C)C.[H-].[Na+]. The van der Waals surface area contributed by atoms with E-state index in [1.807, 2.05) is 20.8 Å². The van der Waals surface area contributed by atoms with Crippen LogP contribution < -0.4 is 34.9 Å². The molecular weight excluding hydrogens is 452 g/mol. The van der Waals surface area contributed by atoms with Gasteiger partial charge >= 0.3 is 35.5 Å². The van der Waals surface area contributed by atoms with Crippen molar-refractivity contribution < 1.29 is 60.3 Å². The Morgan fingerprint density at radius 3 is 2.38 bits per heavy atom. The Balaban J connectivity index is 0.00000578. The van der Waals surface area contributed by atoms with Crippen molar-refractivity contribution in [3.63, 3.8) is 0 Å². The second-order valence-electron chi connectivity index (χ2n) is 8.54. The van der Waals surface area contributed by atoms with E-state index in [0.29, 0.717) is 30.0 Å². The van der Waals surface area contributed by atoms with Gasteiger partial charge in [0.15, 0.2) is 5.69 Å². The summed E-state index contributed by atoms with van der Waals surface area (Å²) in [6.07, 6.45) is -0.234. The number of carbonyl (C=O) groups excluding carboxylic acids is 1. The van der Waals surface area contributed by atoms with Crippen molar-refractivity contribution in [2.75, 3.05) is 6.54 Å². The van der Waals surface area contributed by atoms with Crippen molar-refractivity contribution in [2.24, 2.45) is 0 Å². The van der Waals surface area contributed by atoms with Crippen molar-refractivity contribution in [1.29, 1.82) is 0 Å². The summed E-state index contributed by atoms with van der Waals surface area (Å²) >= 11 is 0. The minimum absolute atomic E-state index is 0. The van der Waals surface area contributed by atoms with Crippen molar-refractivity contribution in [1.82, 2.24) is 15.1 Å². The van der Waals surface area contributed by atoms with E-state index >= 15 is 0 Å². The van der Waals surface area contributed by atoms with Crippen LogP contribution in [0.1, 0.15) is 82.0 Å². The molecule has 1 amide bonds. The van der Waals surface area contributed by atoms with E-state index in [4.69, 9.17) is 5.11 Å². The monoisotopic (exact) mass is 487 g/mol. The van der Waals surface area contributed by atoms with E-state index < -0.39 is 30.4 Å². The van der Waals surface area contributed by atoms with Gasteiger partial charge in [-0.25, -0.2) is 9.07 Å². The molecular formula is C24H35FN3NaO5. The number of carboxylic acid groups (broad SMARTS) is 1. The van der Waals surface area contributed by atoms with Gasteiger partial charge in [-0.3, -0.25) is 9.59 Å². The molecule has 0 bridgehead atoms. The third-order valence-corrected chi connectivity index (χ3v) is 5.37. The number of carbonyl (C=O) groups is 2. The molecule has 0 spiro atoms. The number of aliphatic carboxylic acids is 1. The summed E-state index contributed by atoms with van der Waals surface area (Å²) in [5.74, 6) is -1.86. The molecule has 0 aliphatic rings. The Morgan fingerprint density at radius 2 is 1.82 bits per heavy atom. The molecule has 0 aliphatic carbocycles. The number of halogens is 1. The molecule has 0 unspecified atom stereocenters. The Bertz CT molecular complexity index is 940. The van der Waals surface area contributed by atoms with E-state index in [2.05, 4.69) is 10.4 Å². The maximum atomic E-state index is 13.5. The average molecular weight is 488 g/mol.